The lowest BCUT2D eigenvalue weighted by Gasteiger charge is -2.21. The number of rotatable bonds is 2. The van der Waals surface area contributed by atoms with Gasteiger partial charge in [0.1, 0.15) is 22.4 Å². The van der Waals surface area contributed by atoms with E-state index in [2.05, 4.69) is 10.3 Å². The lowest BCUT2D eigenvalue weighted by molar-refractivity contribution is -0.113. The van der Waals surface area contributed by atoms with Crippen LogP contribution in [0.3, 0.4) is 0 Å². The van der Waals surface area contributed by atoms with Gasteiger partial charge < -0.3 is 9.84 Å². The predicted octanol–water partition coefficient (Wildman–Crippen LogP) is 4.17. The third-order valence-electron chi connectivity index (χ3n) is 3.36. The van der Waals surface area contributed by atoms with Crippen molar-refractivity contribution in [1.82, 2.24) is 0 Å². The van der Waals surface area contributed by atoms with E-state index >= 15 is 0 Å². The summed E-state index contributed by atoms with van der Waals surface area (Å²) in [5.41, 5.74) is -0.0364. The molecule has 0 bridgehead atoms. The minimum absolute atomic E-state index is 0.00310. The number of anilines is 1. The molecule has 0 saturated carbocycles. The Balaban J connectivity index is 2.26. The summed E-state index contributed by atoms with van der Waals surface area (Å²) in [5.74, 6) is 0.00310. The van der Waals surface area contributed by atoms with E-state index in [9.17, 15) is 14.7 Å². The van der Waals surface area contributed by atoms with Gasteiger partial charge in [-0.25, -0.2) is 4.79 Å². The SMILES string of the molecule is CC(C)(C)OC(=O)Nc1ccc(O)c(C2=NC(C(C)(C)C)C(=O)S2)c1. The van der Waals surface area contributed by atoms with Crippen molar-refractivity contribution in [1.29, 1.82) is 0 Å². The first-order valence-corrected chi connectivity index (χ1v) is 8.81. The smallest absolute Gasteiger partial charge is 0.412 e. The van der Waals surface area contributed by atoms with Crippen LogP contribution >= 0.6 is 11.8 Å². The Morgan fingerprint density at radius 2 is 1.88 bits per heavy atom. The first-order chi connectivity index (χ1) is 11.4. The summed E-state index contributed by atoms with van der Waals surface area (Å²) in [5, 5.41) is 13.2. The number of thioether (sulfide) groups is 1. The largest absolute Gasteiger partial charge is 0.507 e. The molecule has 1 aliphatic heterocycles. The number of benzene rings is 1. The summed E-state index contributed by atoms with van der Waals surface area (Å²) in [6.07, 6.45) is -0.589. The Kier molecular flexibility index (Phi) is 5.18. The first-order valence-electron chi connectivity index (χ1n) is 8.00. The van der Waals surface area contributed by atoms with Crippen molar-refractivity contribution in [3.8, 4) is 5.75 Å². The van der Waals surface area contributed by atoms with Gasteiger partial charge in [-0.2, -0.15) is 0 Å². The molecule has 0 aliphatic carbocycles. The molecule has 0 radical (unpaired) electrons. The third-order valence-corrected chi connectivity index (χ3v) is 4.30. The number of phenols is 1. The van der Waals surface area contributed by atoms with Crippen LogP contribution in [0.5, 0.6) is 5.75 Å². The van der Waals surface area contributed by atoms with Gasteiger partial charge in [-0.15, -0.1) is 0 Å². The van der Waals surface area contributed by atoms with Crippen molar-refractivity contribution < 1.29 is 19.4 Å². The fraction of sp³-hybridized carbons (Fsp3) is 0.500. The molecule has 1 aromatic rings. The zero-order valence-corrected chi connectivity index (χ0v) is 16.2. The van der Waals surface area contributed by atoms with E-state index in [0.29, 0.717) is 16.3 Å². The maximum Gasteiger partial charge on any atom is 0.412 e. The van der Waals surface area contributed by atoms with Crippen LogP contribution in [0.15, 0.2) is 23.2 Å². The van der Waals surface area contributed by atoms with Crippen LogP contribution in [0.4, 0.5) is 10.5 Å². The Morgan fingerprint density at radius 1 is 1.24 bits per heavy atom. The van der Waals surface area contributed by atoms with Crippen LogP contribution in [-0.4, -0.2) is 33.0 Å². The van der Waals surface area contributed by atoms with Gasteiger partial charge in [0.15, 0.2) is 0 Å². The molecule has 2 rings (SSSR count). The van der Waals surface area contributed by atoms with Crippen molar-refractivity contribution in [2.75, 3.05) is 5.32 Å². The topological polar surface area (TPSA) is 88.0 Å². The fourth-order valence-electron chi connectivity index (χ4n) is 2.23. The van der Waals surface area contributed by atoms with Crippen LogP contribution in [0, 0.1) is 5.41 Å². The lowest BCUT2D eigenvalue weighted by atomic mass is 9.88. The second-order valence-electron chi connectivity index (χ2n) is 7.98. The third kappa shape index (κ3) is 4.98. The summed E-state index contributed by atoms with van der Waals surface area (Å²) < 4.78 is 5.21. The van der Waals surface area contributed by atoms with E-state index in [1.54, 1.807) is 32.9 Å². The number of amides is 1. The van der Waals surface area contributed by atoms with Gasteiger partial charge >= 0.3 is 6.09 Å². The number of hydrogen-bond donors (Lipinski definition) is 2. The maximum atomic E-state index is 12.2. The van der Waals surface area contributed by atoms with E-state index in [4.69, 9.17) is 4.74 Å². The molecule has 2 N–H and O–H groups in total. The van der Waals surface area contributed by atoms with Gasteiger partial charge in [-0.1, -0.05) is 20.8 Å². The number of hydrogen-bond acceptors (Lipinski definition) is 6. The molecule has 7 heteroatoms. The normalized spacial score (nSPS) is 18.1. The van der Waals surface area contributed by atoms with E-state index in [-0.39, 0.29) is 16.3 Å². The Hall–Kier alpha value is -2.02. The summed E-state index contributed by atoms with van der Waals surface area (Å²) in [6.45, 7) is 11.2. The van der Waals surface area contributed by atoms with Crippen molar-refractivity contribution in [3.05, 3.63) is 23.8 Å². The Bertz CT molecular complexity index is 730. The number of aromatic hydroxyl groups is 1. The summed E-state index contributed by atoms with van der Waals surface area (Å²) in [6, 6.07) is 4.14. The van der Waals surface area contributed by atoms with Gasteiger partial charge in [0.25, 0.3) is 0 Å². The summed E-state index contributed by atoms with van der Waals surface area (Å²) in [7, 11) is 0. The van der Waals surface area contributed by atoms with Crippen LogP contribution < -0.4 is 5.32 Å². The minimum atomic E-state index is -0.610. The Labute approximate surface area is 152 Å². The molecule has 0 spiro atoms. The maximum absolute atomic E-state index is 12.2. The highest BCUT2D eigenvalue weighted by atomic mass is 32.2. The summed E-state index contributed by atoms with van der Waals surface area (Å²) >= 11 is 1.01. The number of carbonyl (C=O) groups is 2. The zero-order chi connectivity index (χ0) is 19.0. The number of ether oxygens (including phenoxy) is 1. The van der Waals surface area contributed by atoms with Crippen molar-refractivity contribution >= 4 is 33.7 Å². The number of nitrogens with zero attached hydrogens (tertiary/aromatic N) is 1. The average molecular weight is 364 g/mol. The molecular weight excluding hydrogens is 340 g/mol. The number of phenolic OH excluding ortho intramolecular Hbond substituents is 1. The number of nitrogens with one attached hydrogen (secondary N) is 1. The number of aliphatic imine (C=N–C) groups is 1. The van der Waals surface area contributed by atoms with E-state index < -0.39 is 17.7 Å². The average Bonchev–Trinajstić information content (AvgIpc) is 2.80. The molecule has 1 atom stereocenters. The molecule has 1 unspecified atom stereocenters. The molecule has 0 fully saturated rings. The van der Waals surface area contributed by atoms with Gasteiger partial charge in [0, 0.05) is 5.69 Å². The molecule has 1 amide bonds. The van der Waals surface area contributed by atoms with Gasteiger partial charge in [0.05, 0.1) is 5.56 Å². The van der Waals surface area contributed by atoms with Crippen molar-refractivity contribution in [2.45, 2.75) is 53.2 Å². The monoisotopic (exact) mass is 364 g/mol. The predicted molar refractivity (Wildman–Crippen MR) is 100 cm³/mol. The van der Waals surface area contributed by atoms with Crippen molar-refractivity contribution in [2.24, 2.45) is 10.4 Å². The lowest BCUT2D eigenvalue weighted by Crippen LogP contribution is -2.28. The molecule has 1 aromatic carbocycles. The highest BCUT2D eigenvalue weighted by Gasteiger charge is 2.38. The van der Waals surface area contributed by atoms with Crippen LogP contribution in [0.1, 0.15) is 47.1 Å². The molecule has 1 heterocycles. The molecule has 6 nitrogen and oxygen atoms in total. The molecule has 0 aromatic heterocycles. The van der Waals surface area contributed by atoms with E-state index in [0.717, 1.165) is 11.8 Å². The second-order valence-corrected chi connectivity index (χ2v) is 8.98. The molecule has 1 aliphatic rings. The molecule has 0 saturated heterocycles. The van der Waals surface area contributed by atoms with Crippen LogP contribution in [0.2, 0.25) is 0 Å². The second kappa shape index (κ2) is 6.71. The minimum Gasteiger partial charge on any atom is -0.507 e. The van der Waals surface area contributed by atoms with Gasteiger partial charge in [-0.3, -0.25) is 15.1 Å². The molecule has 25 heavy (non-hydrogen) atoms. The van der Waals surface area contributed by atoms with Gasteiger partial charge in [-0.05, 0) is 56.1 Å². The highest BCUT2D eigenvalue weighted by molar-refractivity contribution is 8.27. The molecular formula is C18H24N2O4S. The quantitative estimate of drug-likeness (QED) is 0.769. The van der Waals surface area contributed by atoms with Crippen molar-refractivity contribution in [3.63, 3.8) is 0 Å². The molecule has 136 valence electrons. The summed E-state index contributed by atoms with van der Waals surface area (Å²) in [4.78, 5) is 28.6. The van der Waals surface area contributed by atoms with E-state index in [1.165, 1.54) is 6.07 Å². The highest BCUT2D eigenvalue weighted by Crippen LogP contribution is 2.37. The van der Waals surface area contributed by atoms with Crippen LogP contribution in [-0.2, 0) is 9.53 Å². The zero-order valence-electron chi connectivity index (χ0n) is 15.3. The Morgan fingerprint density at radius 3 is 2.40 bits per heavy atom. The fourth-order valence-corrected chi connectivity index (χ4v) is 3.37. The standard InChI is InChI=1S/C18H24N2O4S/c1-17(2,3)13-15(22)25-14(20-13)11-9-10(7-8-12(11)21)19-16(23)24-18(4,5)6/h7-9,13,21H,1-6H3,(H,19,23). The van der Waals surface area contributed by atoms with Crippen LogP contribution in [0.25, 0.3) is 0 Å². The van der Waals surface area contributed by atoms with Gasteiger partial charge in [0.2, 0.25) is 5.12 Å². The first kappa shape index (κ1) is 19.3. The van der Waals surface area contributed by atoms with E-state index in [1.807, 2.05) is 20.8 Å². The number of carbonyl (C=O) groups excluding carboxylic acids is 2.